The van der Waals surface area contributed by atoms with E-state index in [4.69, 9.17) is 0 Å². The number of aromatic nitrogens is 3. The Labute approximate surface area is 83.0 Å². The van der Waals surface area contributed by atoms with Crippen LogP contribution in [-0.2, 0) is 0 Å². The standard InChI is InChI=1S/C11H13N3/c1-3-6-9(2)14-11-8-5-4-7-10(11)12-13-14/h3-9H,1-2H3/b6-3+. The van der Waals surface area contributed by atoms with Gasteiger partial charge in [0, 0.05) is 0 Å². The summed E-state index contributed by atoms with van der Waals surface area (Å²) >= 11 is 0. The molecular formula is C11H13N3. The Kier molecular flexibility index (Phi) is 2.31. The van der Waals surface area contributed by atoms with Crippen molar-refractivity contribution in [3.8, 4) is 0 Å². The van der Waals surface area contributed by atoms with Crippen LogP contribution < -0.4 is 0 Å². The molecule has 1 aromatic heterocycles. The van der Waals surface area contributed by atoms with Crippen molar-refractivity contribution < 1.29 is 0 Å². The topological polar surface area (TPSA) is 30.7 Å². The van der Waals surface area contributed by atoms with Gasteiger partial charge in [-0.25, -0.2) is 4.68 Å². The van der Waals surface area contributed by atoms with Crippen molar-refractivity contribution in [1.82, 2.24) is 15.0 Å². The summed E-state index contributed by atoms with van der Waals surface area (Å²) in [6, 6.07) is 8.25. The highest BCUT2D eigenvalue weighted by atomic mass is 15.4. The van der Waals surface area contributed by atoms with Crippen molar-refractivity contribution >= 4 is 11.0 Å². The summed E-state index contributed by atoms with van der Waals surface area (Å²) in [6.45, 7) is 4.11. The van der Waals surface area contributed by atoms with Crippen molar-refractivity contribution in [1.29, 1.82) is 0 Å². The SMILES string of the molecule is C/C=C/C(C)n1nnc2ccccc21. The molecule has 3 nitrogen and oxygen atoms in total. The summed E-state index contributed by atoms with van der Waals surface area (Å²) in [5.74, 6) is 0. The first-order valence-corrected chi connectivity index (χ1v) is 4.75. The van der Waals surface area contributed by atoms with Gasteiger partial charge in [-0.1, -0.05) is 29.5 Å². The first-order chi connectivity index (χ1) is 6.83. The molecule has 0 spiro atoms. The largest absolute Gasteiger partial charge is 0.238 e. The number of allylic oxidation sites excluding steroid dienone is 2. The van der Waals surface area contributed by atoms with Gasteiger partial charge in [0.15, 0.2) is 0 Å². The second-order valence-corrected chi connectivity index (χ2v) is 3.29. The number of rotatable bonds is 2. The fourth-order valence-corrected chi connectivity index (χ4v) is 1.55. The van der Waals surface area contributed by atoms with E-state index in [1.165, 1.54) is 0 Å². The molecule has 14 heavy (non-hydrogen) atoms. The van der Waals surface area contributed by atoms with Crippen LogP contribution in [0.3, 0.4) is 0 Å². The van der Waals surface area contributed by atoms with Crippen LogP contribution in [0.5, 0.6) is 0 Å². The molecule has 0 radical (unpaired) electrons. The number of para-hydroxylation sites is 1. The van der Waals surface area contributed by atoms with E-state index in [0.29, 0.717) is 0 Å². The molecule has 1 heterocycles. The number of fused-ring (bicyclic) bond motifs is 1. The second-order valence-electron chi connectivity index (χ2n) is 3.29. The van der Waals surface area contributed by atoms with Crippen molar-refractivity contribution in [2.45, 2.75) is 19.9 Å². The number of nitrogens with zero attached hydrogens (tertiary/aromatic N) is 3. The number of hydrogen-bond donors (Lipinski definition) is 0. The van der Waals surface area contributed by atoms with Crippen LogP contribution in [0.4, 0.5) is 0 Å². The van der Waals surface area contributed by atoms with Crippen molar-refractivity contribution in [2.24, 2.45) is 0 Å². The van der Waals surface area contributed by atoms with Gasteiger partial charge < -0.3 is 0 Å². The molecule has 2 rings (SSSR count). The van der Waals surface area contributed by atoms with Gasteiger partial charge in [-0.15, -0.1) is 5.10 Å². The molecule has 1 atom stereocenters. The van der Waals surface area contributed by atoms with Gasteiger partial charge in [0.1, 0.15) is 5.52 Å². The van der Waals surface area contributed by atoms with E-state index in [1.54, 1.807) is 0 Å². The Morgan fingerprint density at radius 1 is 1.36 bits per heavy atom. The first kappa shape index (κ1) is 8.94. The van der Waals surface area contributed by atoms with E-state index < -0.39 is 0 Å². The minimum Gasteiger partial charge on any atom is -0.238 e. The van der Waals surface area contributed by atoms with E-state index in [2.05, 4.69) is 23.3 Å². The van der Waals surface area contributed by atoms with Crippen molar-refractivity contribution in [3.63, 3.8) is 0 Å². The predicted molar refractivity (Wildman–Crippen MR) is 57.1 cm³/mol. The molecule has 0 amide bonds. The van der Waals surface area contributed by atoms with Crippen LogP contribution in [-0.4, -0.2) is 15.0 Å². The maximum Gasteiger partial charge on any atom is 0.113 e. The molecule has 0 aliphatic rings. The van der Waals surface area contributed by atoms with Crippen LogP contribution in [0.2, 0.25) is 0 Å². The molecule has 0 bridgehead atoms. The molecular weight excluding hydrogens is 174 g/mol. The first-order valence-electron chi connectivity index (χ1n) is 4.75. The van der Waals surface area contributed by atoms with E-state index in [-0.39, 0.29) is 6.04 Å². The molecule has 0 N–H and O–H groups in total. The Bertz CT molecular complexity index is 456. The molecule has 1 aromatic carbocycles. The molecule has 0 aliphatic carbocycles. The third kappa shape index (κ3) is 1.41. The van der Waals surface area contributed by atoms with Crippen LogP contribution in [0.25, 0.3) is 11.0 Å². The van der Waals surface area contributed by atoms with Gasteiger partial charge >= 0.3 is 0 Å². The minimum absolute atomic E-state index is 0.257. The molecule has 0 aliphatic heterocycles. The zero-order chi connectivity index (χ0) is 9.97. The summed E-state index contributed by atoms with van der Waals surface area (Å²) in [7, 11) is 0. The number of hydrogen-bond acceptors (Lipinski definition) is 2. The number of benzene rings is 1. The normalized spacial score (nSPS) is 13.9. The highest BCUT2D eigenvalue weighted by molar-refractivity contribution is 5.74. The smallest absolute Gasteiger partial charge is 0.113 e. The van der Waals surface area contributed by atoms with Crippen LogP contribution >= 0.6 is 0 Å². The van der Waals surface area contributed by atoms with Gasteiger partial charge in [0.05, 0.1) is 11.6 Å². The zero-order valence-corrected chi connectivity index (χ0v) is 8.38. The molecule has 3 heteroatoms. The average Bonchev–Trinajstić information content (AvgIpc) is 2.61. The average molecular weight is 187 g/mol. The van der Waals surface area contributed by atoms with Crippen LogP contribution in [0.1, 0.15) is 19.9 Å². The van der Waals surface area contributed by atoms with E-state index in [1.807, 2.05) is 41.9 Å². The maximum absolute atomic E-state index is 4.13. The summed E-state index contributed by atoms with van der Waals surface area (Å²) in [5.41, 5.74) is 2.03. The third-order valence-corrected chi connectivity index (χ3v) is 2.23. The second kappa shape index (κ2) is 3.62. The van der Waals surface area contributed by atoms with Crippen molar-refractivity contribution in [2.75, 3.05) is 0 Å². The Hall–Kier alpha value is -1.64. The summed E-state index contributed by atoms with van der Waals surface area (Å²) in [6.07, 6.45) is 4.13. The molecule has 72 valence electrons. The predicted octanol–water partition coefficient (Wildman–Crippen LogP) is 2.57. The van der Waals surface area contributed by atoms with Crippen molar-refractivity contribution in [3.05, 3.63) is 36.4 Å². The Balaban J connectivity index is 2.52. The Morgan fingerprint density at radius 2 is 2.14 bits per heavy atom. The van der Waals surface area contributed by atoms with E-state index in [9.17, 15) is 0 Å². The van der Waals surface area contributed by atoms with Gasteiger partial charge in [-0.2, -0.15) is 0 Å². The fourth-order valence-electron chi connectivity index (χ4n) is 1.55. The molecule has 0 fully saturated rings. The monoisotopic (exact) mass is 187 g/mol. The lowest BCUT2D eigenvalue weighted by Crippen LogP contribution is -2.03. The lowest BCUT2D eigenvalue weighted by atomic mass is 10.2. The zero-order valence-electron chi connectivity index (χ0n) is 8.38. The van der Waals surface area contributed by atoms with E-state index >= 15 is 0 Å². The van der Waals surface area contributed by atoms with Crippen LogP contribution in [0, 0.1) is 0 Å². The quantitative estimate of drug-likeness (QED) is 0.676. The highest BCUT2D eigenvalue weighted by Gasteiger charge is 2.06. The lowest BCUT2D eigenvalue weighted by Gasteiger charge is -2.06. The van der Waals surface area contributed by atoms with E-state index in [0.717, 1.165) is 11.0 Å². The summed E-state index contributed by atoms with van der Waals surface area (Å²) in [4.78, 5) is 0. The Morgan fingerprint density at radius 3 is 2.93 bits per heavy atom. The third-order valence-electron chi connectivity index (χ3n) is 2.23. The highest BCUT2D eigenvalue weighted by Crippen LogP contribution is 2.15. The van der Waals surface area contributed by atoms with Gasteiger partial charge in [-0.05, 0) is 26.0 Å². The molecule has 1 unspecified atom stereocenters. The molecule has 0 saturated heterocycles. The van der Waals surface area contributed by atoms with Gasteiger partial charge in [0.2, 0.25) is 0 Å². The lowest BCUT2D eigenvalue weighted by molar-refractivity contribution is 0.574. The molecule has 0 saturated carbocycles. The van der Waals surface area contributed by atoms with Gasteiger partial charge in [-0.3, -0.25) is 0 Å². The molecule has 2 aromatic rings. The fraction of sp³-hybridized carbons (Fsp3) is 0.273. The minimum atomic E-state index is 0.257. The van der Waals surface area contributed by atoms with Crippen LogP contribution in [0.15, 0.2) is 36.4 Å². The summed E-state index contributed by atoms with van der Waals surface area (Å²) in [5, 5.41) is 8.23. The summed E-state index contributed by atoms with van der Waals surface area (Å²) < 4.78 is 1.93. The maximum atomic E-state index is 4.13. The van der Waals surface area contributed by atoms with Gasteiger partial charge in [0.25, 0.3) is 0 Å².